The molecule has 0 aliphatic rings. The molecular formula is C56H100O6. The van der Waals surface area contributed by atoms with Gasteiger partial charge in [-0.05, 0) is 77.0 Å². The van der Waals surface area contributed by atoms with Crippen molar-refractivity contribution in [2.75, 3.05) is 13.2 Å². The van der Waals surface area contributed by atoms with Crippen LogP contribution in [0.2, 0.25) is 0 Å². The van der Waals surface area contributed by atoms with Crippen molar-refractivity contribution < 1.29 is 28.6 Å². The third-order valence-corrected chi connectivity index (χ3v) is 11.6. The minimum atomic E-state index is -0.780. The number of unbranched alkanes of at least 4 members (excludes halogenated alkanes) is 29. The van der Waals surface area contributed by atoms with E-state index < -0.39 is 6.10 Å². The fraction of sp³-hybridized carbons (Fsp3) is 0.804. The first-order valence-corrected chi connectivity index (χ1v) is 26.6. The highest BCUT2D eigenvalue weighted by Crippen LogP contribution is 2.15. The van der Waals surface area contributed by atoms with Gasteiger partial charge in [0.2, 0.25) is 0 Å². The van der Waals surface area contributed by atoms with Gasteiger partial charge in [0.1, 0.15) is 13.2 Å². The van der Waals surface area contributed by atoms with Crippen LogP contribution in [-0.4, -0.2) is 37.2 Å². The van der Waals surface area contributed by atoms with Crippen molar-refractivity contribution in [1.29, 1.82) is 0 Å². The molecule has 0 rings (SSSR count). The molecule has 6 heteroatoms. The lowest BCUT2D eigenvalue weighted by Crippen LogP contribution is -2.30. The summed E-state index contributed by atoms with van der Waals surface area (Å²) in [5.74, 6) is -0.892. The summed E-state index contributed by atoms with van der Waals surface area (Å²) < 4.78 is 16.8. The van der Waals surface area contributed by atoms with Crippen LogP contribution in [0.25, 0.3) is 0 Å². The minimum Gasteiger partial charge on any atom is -0.462 e. The van der Waals surface area contributed by atoms with Crippen molar-refractivity contribution in [1.82, 2.24) is 0 Å². The first-order valence-electron chi connectivity index (χ1n) is 26.6. The van der Waals surface area contributed by atoms with E-state index in [0.29, 0.717) is 19.3 Å². The fourth-order valence-corrected chi connectivity index (χ4v) is 7.57. The smallest absolute Gasteiger partial charge is 0.306 e. The third kappa shape index (κ3) is 48.4. The van der Waals surface area contributed by atoms with Crippen molar-refractivity contribution in [3.63, 3.8) is 0 Å². The van der Waals surface area contributed by atoms with Crippen LogP contribution in [0, 0.1) is 0 Å². The van der Waals surface area contributed by atoms with E-state index in [4.69, 9.17) is 14.2 Å². The molecule has 0 saturated heterocycles. The average Bonchev–Trinajstić information content (AvgIpc) is 3.27. The summed E-state index contributed by atoms with van der Waals surface area (Å²) >= 11 is 0. The Bertz CT molecular complexity index is 1090. The molecule has 0 aliphatic carbocycles. The number of hydrogen-bond donors (Lipinski definition) is 0. The van der Waals surface area contributed by atoms with E-state index in [0.717, 1.165) is 96.3 Å². The first kappa shape index (κ1) is 59.4. The lowest BCUT2D eigenvalue weighted by molar-refractivity contribution is -0.167. The molecular weight excluding hydrogens is 769 g/mol. The summed E-state index contributed by atoms with van der Waals surface area (Å²) in [5.41, 5.74) is 0. The summed E-state index contributed by atoms with van der Waals surface area (Å²) in [6.07, 6.45) is 60.9. The Balaban J connectivity index is 4.37. The highest BCUT2D eigenvalue weighted by molar-refractivity contribution is 5.71. The lowest BCUT2D eigenvalue weighted by atomic mass is 10.0. The Morgan fingerprint density at radius 1 is 0.339 bits per heavy atom. The molecule has 0 aromatic heterocycles. The van der Waals surface area contributed by atoms with E-state index in [2.05, 4.69) is 69.4 Å². The Morgan fingerprint density at radius 2 is 0.629 bits per heavy atom. The molecule has 360 valence electrons. The molecule has 62 heavy (non-hydrogen) atoms. The highest BCUT2D eigenvalue weighted by atomic mass is 16.6. The molecule has 6 nitrogen and oxygen atoms in total. The standard InChI is InChI=1S/C56H100O6/c1-4-7-10-13-16-19-22-25-27-28-30-31-34-37-40-43-46-49-55(58)61-52-53(51-60-54(57)48-45-42-39-36-33-24-21-18-15-12-9-6-3)62-56(59)50-47-44-41-38-35-32-29-26-23-20-17-14-11-8-5-2/h8,11,17,20,25-27,29,53H,4-7,9-10,12-16,18-19,21-24,28,30-52H2,1-3H3/b11-8-,20-17-,27-25-,29-26-/t53-/m0/s1. The Kier molecular flexibility index (Phi) is 48.8. The average molecular weight is 869 g/mol. The first-order chi connectivity index (χ1) is 30.5. The minimum absolute atomic E-state index is 0.0791. The molecule has 0 aliphatic heterocycles. The van der Waals surface area contributed by atoms with Crippen LogP contribution in [0.1, 0.15) is 271 Å². The van der Waals surface area contributed by atoms with Crippen LogP contribution >= 0.6 is 0 Å². The molecule has 0 radical (unpaired) electrons. The van der Waals surface area contributed by atoms with Crippen LogP contribution in [0.15, 0.2) is 48.6 Å². The molecule has 0 N–H and O–H groups in total. The van der Waals surface area contributed by atoms with Gasteiger partial charge in [-0.25, -0.2) is 0 Å². The number of carbonyl (C=O) groups excluding carboxylic acids is 3. The molecule has 0 amide bonds. The van der Waals surface area contributed by atoms with Gasteiger partial charge in [0.15, 0.2) is 6.10 Å². The molecule has 0 saturated carbocycles. The molecule has 0 spiro atoms. The second-order valence-corrected chi connectivity index (χ2v) is 17.8. The molecule has 1 atom stereocenters. The van der Waals surface area contributed by atoms with Gasteiger partial charge in [0, 0.05) is 19.3 Å². The highest BCUT2D eigenvalue weighted by Gasteiger charge is 2.19. The number of rotatable bonds is 48. The van der Waals surface area contributed by atoms with Crippen molar-refractivity contribution in [3.05, 3.63) is 48.6 Å². The SMILES string of the molecule is CC/C=C\C/C=C\C/C=C\CCCCCCCC(=O)O[C@H](COC(=O)CCCCCCCCC/C=C\CCCCCCCC)COC(=O)CCCCCCCCCCCCCC. The Morgan fingerprint density at radius 3 is 1.00 bits per heavy atom. The predicted molar refractivity (Wildman–Crippen MR) is 265 cm³/mol. The van der Waals surface area contributed by atoms with Crippen LogP contribution in [0.5, 0.6) is 0 Å². The maximum atomic E-state index is 12.8. The van der Waals surface area contributed by atoms with E-state index in [1.807, 2.05) is 0 Å². The topological polar surface area (TPSA) is 78.9 Å². The zero-order chi connectivity index (χ0) is 45.1. The van der Waals surface area contributed by atoms with E-state index in [1.54, 1.807) is 0 Å². The Labute approximate surface area is 384 Å². The van der Waals surface area contributed by atoms with E-state index >= 15 is 0 Å². The van der Waals surface area contributed by atoms with Crippen LogP contribution < -0.4 is 0 Å². The molecule has 0 unspecified atom stereocenters. The fourth-order valence-electron chi connectivity index (χ4n) is 7.57. The lowest BCUT2D eigenvalue weighted by Gasteiger charge is -2.18. The number of esters is 3. The zero-order valence-corrected chi connectivity index (χ0v) is 41.1. The van der Waals surface area contributed by atoms with E-state index in [9.17, 15) is 14.4 Å². The quantitative estimate of drug-likeness (QED) is 0.0262. The van der Waals surface area contributed by atoms with Gasteiger partial charge in [-0.2, -0.15) is 0 Å². The monoisotopic (exact) mass is 869 g/mol. The second-order valence-electron chi connectivity index (χ2n) is 17.8. The van der Waals surface area contributed by atoms with E-state index in [1.165, 1.54) is 135 Å². The molecule has 0 fully saturated rings. The normalized spacial score (nSPS) is 12.4. The van der Waals surface area contributed by atoms with Crippen molar-refractivity contribution in [3.8, 4) is 0 Å². The number of carbonyl (C=O) groups is 3. The van der Waals surface area contributed by atoms with Crippen LogP contribution in [0.3, 0.4) is 0 Å². The molecule has 0 heterocycles. The van der Waals surface area contributed by atoms with Gasteiger partial charge in [-0.1, -0.05) is 223 Å². The van der Waals surface area contributed by atoms with Crippen molar-refractivity contribution >= 4 is 17.9 Å². The van der Waals surface area contributed by atoms with Gasteiger partial charge in [-0.3, -0.25) is 14.4 Å². The summed E-state index contributed by atoms with van der Waals surface area (Å²) in [5, 5.41) is 0. The third-order valence-electron chi connectivity index (χ3n) is 11.6. The predicted octanol–water partition coefficient (Wildman–Crippen LogP) is 17.5. The largest absolute Gasteiger partial charge is 0.462 e. The van der Waals surface area contributed by atoms with Gasteiger partial charge in [-0.15, -0.1) is 0 Å². The van der Waals surface area contributed by atoms with Crippen molar-refractivity contribution in [2.24, 2.45) is 0 Å². The van der Waals surface area contributed by atoms with Crippen LogP contribution in [0.4, 0.5) is 0 Å². The van der Waals surface area contributed by atoms with E-state index in [-0.39, 0.29) is 31.1 Å². The zero-order valence-electron chi connectivity index (χ0n) is 41.1. The van der Waals surface area contributed by atoms with Gasteiger partial charge < -0.3 is 14.2 Å². The Hall–Kier alpha value is -2.63. The maximum absolute atomic E-state index is 12.8. The van der Waals surface area contributed by atoms with Crippen LogP contribution in [-0.2, 0) is 28.6 Å². The molecule has 0 aromatic carbocycles. The molecule has 0 aromatic rings. The summed E-state index contributed by atoms with van der Waals surface area (Å²) in [6.45, 7) is 6.52. The number of allylic oxidation sites excluding steroid dienone is 8. The van der Waals surface area contributed by atoms with Crippen molar-refractivity contribution in [2.45, 2.75) is 277 Å². The maximum Gasteiger partial charge on any atom is 0.306 e. The number of ether oxygens (including phenoxy) is 3. The van der Waals surface area contributed by atoms with Gasteiger partial charge in [0.25, 0.3) is 0 Å². The van der Waals surface area contributed by atoms with Gasteiger partial charge in [0.05, 0.1) is 0 Å². The summed E-state index contributed by atoms with van der Waals surface area (Å²) in [4.78, 5) is 38.0. The second kappa shape index (κ2) is 51.0. The number of hydrogen-bond acceptors (Lipinski definition) is 6. The summed E-state index contributed by atoms with van der Waals surface area (Å²) in [6, 6.07) is 0. The molecule has 0 bridgehead atoms. The van der Waals surface area contributed by atoms with Gasteiger partial charge >= 0.3 is 17.9 Å². The summed E-state index contributed by atoms with van der Waals surface area (Å²) in [7, 11) is 0.